The van der Waals surface area contributed by atoms with Gasteiger partial charge >= 0.3 is 0 Å². The largest absolute Gasteiger partial charge is 0.368 e. The van der Waals surface area contributed by atoms with Crippen molar-refractivity contribution in [1.29, 1.82) is 5.26 Å². The lowest BCUT2D eigenvalue weighted by Crippen LogP contribution is -2.23. The van der Waals surface area contributed by atoms with E-state index in [9.17, 15) is 0 Å². The van der Waals surface area contributed by atoms with Crippen LogP contribution in [-0.2, 0) is 0 Å². The second kappa shape index (κ2) is 6.21. The topological polar surface area (TPSA) is 52.0 Å². The summed E-state index contributed by atoms with van der Waals surface area (Å²) in [5.41, 5.74) is 1.52. The second-order valence-electron chi connectivity index (χ2n) is 4.63. The first-order chi connectivity index (χ1) is 8.01. The molecule has 1 aromatic rings. The van der Waals surface area contributed by atoms with E-state index in [1.165, 1.54) is 0 Å². The first-order valence-corrected chi connectivity index (χ1v) is 5.81. The predicted octanol–water partition coefficient (Wildman–Crippen LogP) is 2.01. The maximum atomic E-state index is 8.88. The molecule has 0 saturated carbocycles. The molecule has 1 N–H and O–H groups in total. The number of aryl methyl sites for hydroxylation is 1. The predicted molar refractivity (Wildman–Crippen MR) is 69.9 cm³/mol. The fourth-order valence-corrected chi connectivity index (χ4v) is 1.58. The summed E-state index contributed by atoms with van der Waals surface area (Å²) in [6.45, 7) is 5.06. The van der Waals surface area contributed by atoms with Crippen molar-refractivity contribution in [3.63, 3.8) is 0 Å². The molecule has 0 fully saturated rings. The smallest absolute Gasteiger partial charge is 0.127 e. The van der Waals surface area contributed by atoms with Gasteiger partial charge in [-0.3, -0.25) is 0 Å². The number of nitrogens with zero attached hydrogens (tertiary/aromatic N) is 3. The molecule has 0 saturated heterocycles. The highest BCUT2D eigenvalue weighted by Gasteiger charge is 2.05. The summed E-state index contributed by atoms with van der Waals surface area (Å²) >= 11 is 0. The summed E-state index contributed by atoms with van der Waals surface area (Å²) in [7, 11) is 4.12. The molecule has 0 aromatic carbocycles. The SMILES string of the molecule is Cc1cc(C#N)cc(NC(C)CCN(C)C)n1. The molecule has 0 aliphatic carbocycles. The Bertz CT molecular complexity index is 406. The average Bonchev–Trinajstić information content (AvgIpc) is 2.25. The Balaban J connectivity index is 2.62. The van der Waals surface area contributed by atoms with Crippen LogP contribution in [0.15, 0.2) is 12.1 Å². The van der Waals surface area contributed by atoms with Gasteiger partial charge in [-0.15, -0.1) is 0 Å². The number of nitrogens with one attached hydrogen (secondary N) is 1. The van der Waals surface area contributed by atoms with Gasteiger partial charge in [0.25, 0.3) is 0 Å². The highest BCUT2D eigenvalue weighted by Crippen LogP contribution is 2.11. The second-order valence-corrected chi connectivity index (χ2v) is 4.63. The first kappa shape index (κ1) is 13.5. The fourth-order valence-electron chi connectivity index (χ4n) is 1.58. The maximum absolute atomic E-state index is 8.88. The van der Waals surface area contributed by atoms with Crippen LogP contribution in [-0.4, -0.2) is 36.6 Å². The van der Waals surface area contributed by atoms with E-state index in [1.54, 1.807) is 12.1 Å². The zero-order valence-corrected chi connectivity index (χ0v) is 11.0. The molecule has 1 heterocycles. The minimum Gasteiger partial charge on any atom is -0.368 e. The molecule has 0 bridgehead atoms. The summed E-state index contributed by atoms with van der Waals surface area (Å²) < 4.78 is 0. The summed E-state index contributed by atoms with van der Waals surface area (Å²) in [4.78, 5) is 6.53. The molecule has 0 aliphatic rings. The van der Waals surface area contributed by atoms with E-state index in [-0.39, 0.29) is 0 Å². The summed E-state index contributed by atoms with van der Waals surface area (Å²) in [5.74, 6) is 0.785. The van der Waals surface area contributed by atoms with Crippen LogP contribution < -0.4 is 5.32 Å². The van der Waals surface area contributed by atoms with E-state index in [1.807, 2.05) is 6.92 Å². The zero-order chi connectivity index (χ0) is 12.8. The van der Waals surface area contributed by atoms with E-state index in [0.717, 1.165) is 24.5 Å². The quantitative estimate of drug-likeness (QED) is 0.843. The molecule has 0 spiro atoms. The van der Waals surface area contributed by atoms with Gasteiger partial charge in [0.05, 0.1) is 11.6 Å². The number of rotatable bonds is 5. The molecule has 1 aromatic heterocycles. The van der Waals surface area contributed by atoms with Crippen molar-refractivity contribution in [3.8, 4) is 6.07 Å². The van der Waals surface area contributed by atoms with E-state index in [4.69, 9.17) is 5.26 Å². The minimum absolute atomic E-state index is 0.346. The summed E-state index contributed by atoms with van der Waals surface area (Å²) in [5, 5.41) is 12.2. The van der Waals surface area contributed by atoms with Crippen molar-refractivity contribution in [1.82, 2.24) is 9.88 Å². The molecule has 1 unspecified atom stereocenters. The molecular weight excluding hydrogens is 212 g/mol. The molecule has 1 atom stereocenters. The number of hydrogen-bond donors (Lipinski definition) is 1. The normalized spacial score (nSPS) is 12.2. The van der Waals surface area contributed by atoms with Gasteiger partial charge < -0.3 is 10.2 Å². The number of nitriles is 1. The Morgan fingerprint density at radius 3 is 2.76 bits per heavy atom. The van der Waals surface area contributed by atoms with Gasteiger partial charge in [-0.2, -0.15) is 5.26 Å². The molecule has 4 nitrogen and oxygen atoms in total. The number of anilines is 1. The Hall–Kier alpha value is -1.60. The Labute approximate surface area is 103 Å². The van der Waals surface area contributed by atoms with E-state index >= 15 is 0 Å². The summed E-state index contributed by atoms with van der Waals surface area (Å²) in [6, 6.07) is 6.07. The molecule has 1 rings (SSSR count). The maximum Gasteiger partial charge on any atom is 0.127 e. The third-order valence-corrected chi connectivity index (χ3v) is 2.49. The van der Waals surface area contributed by atoms with E-state index in [0.29, 0.717) is 11.6 Å². The van der Waals surface area contributed by atoms with Crippen molar-refractivity contribution in [2.45, 2.75) is 26.3 Å². The van der Waals surface area contributed by atoms with Gasteiger partial charge in [0.1, 0.15) is 5.82 Å². The standard InChI is InChI=1S/C13H20N4/c1-10(5-6-17(3)4)15-13-8-12(9-14)7-11(2)16-13/h7-8,10H,5-6H2,1-4H3,(H,15,16). The van der Waals surface area contributed by atoms with Crippen LogP contribution in [0, 0.1) is 18.3 Å². The zero-order valence-electron chi connectivity index (χ0n) is 11.0. The van der Waals surface area contributed by atoms with Crippen molar-refractivity contribution >= 4 is 5.82 Å². The van der Waals surface area contributed by atoms with Crippen LogP contribution in [0.5, 0.6) is 0 Å². The van der Waals surface area contributed by atoms with Gasteiger partial charge in [0, 0.05) is 11.7 Å². The van der Waals surface area contributed by atoms with Crippen molar-refractivity contribution in [3.05, 3.63) is 23.4 Å². The molecule has 92 valence electrons. The average molecular weight is 232 g/mol. The minimum atomic E-state index is 0.346. The lowest BCUT2D eigenvalue weighted by Gasteiger charge is -2.17. The highest BCUT2D eigenvalue weighted by molar-refractivity contribution is 5.44. The Kier molecular flexibility index (Phi) is 4.92. The van der Waals surface area contributed by atoms with Crippen LogP contribution in [0.2, 0.25) is 0 Å². The highest BCUT2D eigenvalue weighted by atomic mass is 15.1. The molecule has 4 heteroatoms. The van der Waals surface area contributed by atoms with Crippen molar-refractivity contribution < 1.29 is 0 Å². The van der Waals surface area contributed by atoms with Crippen LogP contribution in [0.25, 0.3) is 0 Å². The van der Waals surface area contributed by atoms with Crippen LogP contribution in [0.1, 0.15) is 24.6 Å². The van der Waals surface area contributed by atoms with Crippen molar-refractivity contribution in [2.75, 3.05) is 26.0 Å². The Morgan fingerprint density at radius 2 is 2.18 bits per heavy atom. The van der Waals surface area contributed by atoms with Gasteiger partial charge in [-0.05, 0) is 53.0 Å². The lowest BCUT2D eigenvalue weighted by atomic mass is 10.2. The van der Waals surface area contributed by atoms with Gasteiger partial charge in [-0.1, -0.05) is 0 Å². The third kappa shape index (κ3) is 4.83. The summed E-state index contributed by atoms with van der Waals surface area (Å²) in [6.07, 6.45) is 1.05. The monoisotopic (exact) mass is 232 g/mol. The van der Waals surface area contributed by atoms with Crippen molar-refractivity contribution in [2.24, 2.45) is 0 Å². The van der Waals surface area contributed by atoms with Gasteiger partial charge in [-0.25, -0.2) is 4.98 Å². The molecule has 0 radical (unpaired) electrons. The first-order valence-electron chi connectivity index (χ1n) is 5.81. The number of aromatic nitrogens is 1. The molecule has 0 aliphatic heterocycles. The molecular formula is C13H20N4. The van der Waals surface area contributed by atoms with Crippen LogP contribution in [0.3, 0.4) is 0 Å². The fraction of sp³-hybridized carbons (Fsp3) is 0.538. The number of pyridine rings is 1. The van der Waals surface area contributed by atoms with Gasteiger partial charge in [0.15, 0.2) is 0 Å². The lowest BCUT2D eigenvalue weighted by molar-refractivity contribution is 0.390. The molecule has 17 heavy (non-hydrogen) atoms. The van der Waals surface area contributed by atoms with Crippen LogP contribution in [0.4, 0.5) is 5.82 Å². The number of hydrogen-bond acceptors (Lipinski definition) is 4. The van der Waals surface area contributed by atoms with E-state index < -0.39 is 0 Å². The van der Waals surface area contributed by atoms with Crippen LogP contribution >= 0.6 is 0 Å². The molecule has 0 amide bonds. The third-order valence-electron chi connectivity index (χ3n) is 2.49. The Morgan fingerprint density at radius 1 is 1.47 bits per heavy atom. The van der Waals surface area contributed by atoms with Gasteiger partial charge in [0.2, 0.25) is 0 Å². The van der Waals surface area contributed by atoms with E-state index in [2.05, 4.69) is 42.3 Å².